The van der Waals surface area contributed by atoms with E-state index >= 15 is 0 Å². The van der Waals surface area contributed by atoms with Gasteiger partial charge in [0, 0.05) is 29.8 Å². The number of nitrogens with two attached hydrogens (primary N) is 1. The Morgan fingerprint density at radius 1 is 1.09 bits per heavy atom. The van der Waals surface area contributed by atoms with E-state index in [2.05, 4.69) is 4.98 Å². The van der Waals surface area contributed by atoms with E-state index in [0.29, 0.717) is 40.0 Å². The average molecular weight is 428 g/mol. The second-order valence-electron chi connectivity index (χ2n) is 7.32. The van der Waals surface area contributed by atoms with Crippen LogP contribution in [0.4, 0.5) is 16.2 Å². The van der Waals surface area contributed by atoms with Crippen LogP contribution in [0.5, 0.6) is 5.75 Å². The number of hydrogen-bond donors (Lipinski definition) is 1. The Morgan fingerprint density at radius 3 is 2.53 bits per heavy atom. The van der Waals surface area contributed by atoms with E-state index in [4.69, 9.17) is 10.5 Å². The quantitative estimate of drug-likeness (QED) is 0.510. The lowest BCUT2D eigenvalue weighted by Crippen LogP contribution is -2.38. The molecule has 2 aromatic heterocycles. The van der Waals surface area contributed by atoms with Crippen molar-refractivity contribution in [1.29, 1.82) is 0 Å². The first-order valence-electron chi connectivity index (χ1n) is 10.3. The lowest BCUT2D eigenvalue weighted by molar-refractivity contribution is 0.256. The summed E-state index contributed by atoms with van der Waals surface area (Å²) in [4.78, 5) is 32.3. The van der Waals surface area contributed by atoms with Gasteiger partial charge in [-0.1, -0.05) is 43.3 Å². The van der Waals surface area contributed by atoms with Crippen molar-refractivity contribution in [1.82, 2.24) is 9.55 Å². The number of nitrogens with zero attached hydrogens (tertiary/aromatic N) is 3. The van der Waals surface area contributed by atoms with Gasteiger partial charge in [0.15, 0.2) is 0 Å². The highest BCUT2D eigenvalue weighted by Crippen LogP contribution is 2.41. The van der Waals surface area contributed by atoms with Crippen molar-refractivity contribution in [2.45, 2.75) is 13.3 Å². The van der Waals surface area contributed by atoms with Gasteiger partial charge in [0.05, 0.1) is 12.8 Å². The number of carbonyl (C=O) groups is 1. The standard InChI is InChI=1S/C25H24N4O3/c1-4-16-10-5-7-13-19(16)29(25(26)31)22-21(17-11-6-8-14-20(17)32-3)18-12-9-15-27-23(18)28(2)24(22)30/h5-15H,4H2,1-3H3,(H2,26,31). The third-order valence-electron chi connectivity index (χ3n) is 5.55. The van der Waals surface area contributed by atoms with Crippen LogP contribution in [0.3, 0.4) is 0 Å². The summed E-state index contributed by atoms with van der Waals surface area (Å²) in [5.41, 5.74) is 8.83. The molecule has 0 unspecified atom stereocenters. The van der Waals surface area contributed by atoms with E-state index < -0.39 is 6.03 Å². The molecule has 4 aromatic rings. The fourth-order valence-electron chi connectivity index (χ4n) is 4.06. The number of ether oxygens (including phenoxy) is 1. The number of hydrogen-bond acceptors (Lipinski definition) is 4. The largest absolute Gasteiger partial charge is 0.496 e. The molecule has 0 spiro atoms. The van der Waals surface area contributed by atoms with Crippen molar-refractivity contribution in [3.63, 3.8) is 0 Å². The molecule has 32 heavy (non-hydrogen) atoms. The first-order valence-corrected chi connectivity index (χ1v) is 10.3. The van der Waals surface area contributed by atoms with Gasteiger partial charge in [0.2, 0.25) is 0 Å². The smallest absolute Gasteiger partial charge is 0.324 e. The fourth-order valence-corrected chi connectivity index (χ4v) is 4.06. The summed E-state index contributed by atoms with van der Waals surface area (Å²) in [5.74, 6) is 0.570. The van der Waals surface area contributed by atoms with Crippen molar-refractivity contribution < 1.29 is 9.53 Å². The van der Waals surface area contributed by atoms with Gasteiger partial charge >= 0.3 is 6.03 Å². The molecular weight excluding hydrogens is 404 g/mol. The zero-order chi connectivity index (χ0) is 22.8. The second kappa shape index (κ2) is 8.55. The molecule has 0 atom stereocenters. The number of fused-ring (bicyclic) bond motifs is 1. The summed E-state index contributed by atoms with van der Waals surface area (Å²) in [6.45, 7) is 1.99. The SMILES string of the molecule is CCc1ccccc1N(C(N)=O)c1c(-c2ccccc2OC)c2cccnc2n(C)c1=O. The number of primary amides is 1. The molecule has 0 aliphatic rings. The minimum Gasteiger partial charge on any atom is -0.496 e. The molecule has 2 amide bonds. The Hall–Kier alpha value is -4.13. The maximum Gasteiger partial charge on any atom is 0.324 e. The van der Waals surface area contributed by atoms with Crippen LogP contribution in [-0.4, -0.2) is 22.7 Å². The van der Waals surface area contributed by atoms with Gasteiger partial charge in [-0.15, -0.1) is 0 Å². The van der Waals surface area contributed by atoms with Crippen molar-refractivity contribution in [3.8, 4) is 16.9 Å². The molecule has 0 bridgehead atoms. The molecular formula is C25H24N4O3. The van der Waals surface area contributed by atoms with Gasteiger partial charge in [0.25, 0.3) is 5.56 Å². The van der Waals surface area contributed by atoms with Gasteiger partial charge in [-0.3, -0.25) is 14.3 Å². The molecule has 7 nitrogen and oxygen atoms in total. The van der Waals surface area contributed by atoms with E-state index in [1.807, 2.05) is 55.5 Å². The number of methoxy groups -OCH3 is 1. The van der Waals surface area contributed by atoms with Gasteiger partial charge in [-0.05, 0) is 36.2 Å². The number of urea groups is 1. The Bertz CT molecular complexity index is 1380. The highest BCUT2D eigenvalue weighted by molar-refractivity contribution is 6.09. The minimum absolute atomic E-state index is 0.158. The van der Waals surface area contributed by atoms with Gasteiger partial charge in [-0.2, -0.15) is 0 Å². The van der Waals surface area contributed by atoms with Crippen LogP contribution in [0, 0.1) is 0 Å². The number of para-hydroxylation sites is 2. The molecule has 0 saturated heterocycles. The summed E-state index contributed by atoms with van der Waals surface area (Å²) >= 11 is 0. The van der Waals surface area contributed by atoms with E-state index in [-0.39, 0.29) is 11.2 Å². The number of aryl methyl sites for hydroxylation is 2. The molecule has 0 aliphatic carbocycles. The zero-order valence-electron chi connectivity index (χ0n) is 18.2. The number of carbonyl (C=O) groups excluding carboxylic acids is 1. The fraction of sp³-hybridized carbons (Fsp3) is 0.160. The number of pyridine rings is 2. The Labute approximate surface area is 185 Å². The van der Waals surface area contributed by atoms with Crippen LogP contribution in [0.1, 0.15) is 12.5 Å². The van der Waals surface area contributed by atoms with Gasteiger partial charge < -0.3 is 10.5 Å². The van der Waals surface area contributed by atoms with Crippen molar-refractivity contribution in [3.05, 3.63) is 82.8 Å². The zero-order valence-corrected chi connectivity index (χ0v) is 18.2. The number of amides is 2. The van der Waals surface area contributed by atoms with E-state index in [1.54, 1.807) is 32.5 Å². The van der Waals surface area contributed by atoms with Gasteiger partial charge in [0.1, 0.15) is 17.1 Å². The average Bonchev–Trinajstić information content (AvgIpc) is 2.82. The molecule has 2 aromatic carbocycles. The van der Waals surface area contributed by atoms with E-state index in [0.717, 1.165) is 5.56 Å². The Morgan fingerprint density at radius 2 is 1.81 bits per heavy atom. The maximum absolute atomic E-state index is 13.7. The van der Waals surface area contributed by atoms with Gasteiger partial charge in [-0.25, -0.2) is 9.78 Å². The molecule has 2 N–H and O–H groups in total. The second-order valence-corrected chi connectivity index (χ2v) is 7.32. The summed E-state index contributed by atoms with van der Waals surface area (Å²) in [6, 6.07) is 17.7. The normalized spacial score (nSPS) is 10.8. The molecule has 4 rings (SSSR count). The van der Waals surface area contributed by atoms with E-state index in [9.17, 15) is 9.59 Å². The molecule has 0 aliphatic heterocycles. The van der Waals surface area contributed by atoms with E-state index in [1.165, 1.54) is 9.47 Å². The third-order valence-corrected chi connectivity index (χ3v) is 5.55. The number of aromatic nitrogens is 2. The third kappa shape index (κ3) is 3.37. The van der Waals surface area contributed by atoms with Crippen molar-refractivity contribution >= 4 is 28.4 Å². The monoisotopic (exact) mass is 428 g/mol. The summed E-state index contributed by atoms with van der Waals surface area (Å²) in [7, 11) is 3.20. The first kappa shape index (κ1) is 21.1. The molecule has 0 fully saturated rings. The molecule has 7 heteroatoms. The van der Waals surface area contributed by atoms with Crippen LogP contribution in [0.2, 0.25) is 0 Å². The lowest BCUT2D eigenvalue weighted by atomic mass is 9.98. The number of anilines is 2. The summed E-state index contributed by atoms with van der Waals surface area (Å²) < 4.78 is 7.04. The first-order chi connectivity index (χ1) is 15.5. The Kier molecular flexibility index (Phi) is 5.64. The molecule has 162 valence electrons. The number of rotatable bonds is 5. The molecule has 2 heterocycles. The predicted octanol–water partition coefficient (Wildman–Crippen LogP) is 4.39. The molecule has 0 saturated carbocycles. The molecule has 0 radical (unpaired) electrons. The number of benzene rings is 2. The summed E-state index contributed by atoms with van der Waals surface area (Å²) in [5, 5.41) is 0.703. The van der Waals surface area contributed by atoms with Crippen LogP contribution in [0.25, 0.3) is 22.2 Å². The van der Waals surface area contributed by atoms with Crippen LogP contribution < -0.4 is 20.9 Å². The van der Waals surface area contributed by atoms with Crippen LogP contribution in [0.15, 0.2) is 71.7 Å². The van der Waals surface area contributed by atoms with Crippen molar-refractivity contribution in [2.24, 2.45) is 12.8 Å². The van der Waals surface area contributed by atoms with Crippen molar-refractivity contribution in [2.75, 3.05) is 12.0 Å². The maximum atomic E-state index is 13.7. The Balaban J connectivity index is 2.21. The minimum atomic E-state index is -0.748. The van der Waals surface area contributed by atoms with Crippen LogP contribution in [-0.2, 0) is 13.5 Å². The highest BCUT2D eigenvalue weighted by atomic mass is 16.5. The topological polar surface area (TPSA) is 90.4 Å². The van der Waals surface area contributed by atoms with Crippen LogP contribution >= 0.6 is 0 Å². The predicted molar refractivity (Wildman–Crippen MR) is 127 cm³/mol. The lowest BCUT2D eigenvalue weighted by Gasteiger charge is -2.27. The summed E-state index contributed by atoms with van der Waals surface area (Å²) in [6.07, 6.45) is 2.30. The highest BCUT2D eigenvalue weighted by Gasteiger charge is 2.28.